The smallest absolute Gasteiger partial charge is 0.0534 e. The molecule has 2 aliphatic rings. The fourth-order valence-electron chi connectivity index (χ4n) is 3.40. The maximum absolute atomic E-state index is 4.25. The summed E-state index contributed by atoms with van der Waals surface area (Å²) in [4.78, 5) is 2.60. The highest BCUT2D eigenvalue weighted by atomic mass is 15.2. The molecule has 0 amide bonds. The minimum atomic E-state index is 0.570. The monoisotopic (exact) mass is 234 g/mol. The summed E-state index contributed by atoms with van der Waals surface area (Å²) in [6, 6.07) is 0. The van der Waals surface area contributed by atoms with Crippen molar-refractivity contribution in [2.45, 2.75) is 25.8 Å². The Morgan fingerprint density at radius 1 is 1.47 bits per heavy atom. The van der Waals surface area contributed by atoms with E-state index in [0.717, 1.165) is 6.54 Å². The molecule has 0 bridgehead atoms. The first-order chi connectivity index (χ1) is 8.26. The maximum Gasteiger partial charge on any atom is 0.0534 e. The number of rotatable bonds is 2. The van der Waals surface area contributed by atoms with Crippen molar-refractivity contribution in [3.8, 4) is 0 Å². The van der Waals surface area contributed by atoms with E-state index in [1.807, 2.05) is 17.9 Å². The summed E-state index contributed by atoms with van der Waals surface area (Å²) in [6.45, 7) is 6.00. The maximum atomic E-state index is 4.25. The summed E-state index contributed by atoms with van der Waals surface area (Å²) in [5.74, 6) is 0. The number of hydrogen-bond donors (Lipinski definition) is 1. The second-order valence-corrected chi connectivity index (χ2v) is 5.76. The Morgan fingerprint density at radius 2 is 2.41 bits per heavy atom. The molecule has 1 spiro atoms. The van der Waals surface area contributed by atoms with Crippen LogP contribution in [0.25, 0.3) is 0 Å². The molecule has 94 valence electrons. The van der Waals surface area contributed by atoms with E-state index in [1.165, 1.54) is 51.0 Å². The second-order valence-electron chi connectivity index (χ2n) is 5.76. The van der Waals surface area contributed by atoms with Crippen LogP contribution in [0.5, 0.6) is 0 Å². The molecule has 4 nitrogen and oxygen atoms in total. The largest absolute Gasteiger partial charge is 0.316 e. The molecule has 1 unspecified atom stereocenters. The average molecular weight is 234 g/mol. The normalized spacial score (nSPS) is 30.2. The van der Waals surface area contributed by atoms with E-state index in [9.17, 15) is 0 Å². The first-order valence-corrected chi connectivity index (χ1v) is 6.66. The van der Waals surface area contributed by atoms with Gasteiger partial charge in [0.25, 0.3) is 0 Å². The lowest BCUT2D eigenvalue weighted by molar-refractivity contribution is 0.0978. The van der Waals surface area contributed by atoms with Crippen molar-refractivity contribution in [3.05, 3.63) is 18.0 Å². The summed E-state index contributed by atoms with van der Waals surface area (Å²) in [7, 11) is 1.99. The molecule has 1 aromatic rings. The van der Waals surface area contributed by atoms with Crippen LogP contribution in [-0.4, -0.2) is 40.9 Å². The molecule has 1 aromatic heterocycles. The zero-order valence-corrected chi connectivity index (χ0v) is 10.7. The third-order valence-electron chi connectivity index (χ3n) is 4.24. The topological polar surface area (TPSA) is 33.1 Å². The van der Waals surface area contributed by atoms with Crippen LogP contribution in [0.15, 0.2) is 12.4 Å². The van der Waals surface area contributed by atoms with Gasteiger partial charge in [-0.1, -0.05) is 0 Å². The number of likely N-dealkylation sites (tertiary alicyclic amines) is 1. The van der Waals surface area contributed by atoms with E-state index in [0.29, 0.717) is 5.41 Å². The van der Waals surface area contributed by atoms with Crippen molar-refractivity contribution in [1.82, 2.24) is 20.0 Å². The van der Waals surface area contributed by atoms with Gasteiger partial charge in [-0.3, -0.25) is 9.58 Å². The first kappa shape index (κ1) is 11.2. The molecule has 2 saturated heterocycles. The molecule has 2 fully saturated rings. The molecule has 0 radical (unpaired) electrons. The summed E-state index contributed by atoms with van der Waals surface area (Å²) in [6.07, 6.45) is 8.24. The SMILES string of the molecule is Cn1cc(CN2CCCC3(CCNC3)C2)cn1. The molecule has 0 aliphatic carbocycles. The van der Waals surface area contributed by atoms with E-state index in [4.69, 9.17) is 0 Å². The fourth-order valence-corrected chi connectivity index (χ4v) is 3.40. The Hall–Kier alpha value is -0.870. The van der Waals surface area contributed by atoms with E-state index in [2.05, 4.69) is 21.5 Å². The summed E-state index contributed by atoms with van der Waals surface area (Å²) in [5.41, 5.74) is 1.91. The van der Waals surface area contributed by atoms with Gasteiger partial charge in [0.05, 0.1) is 6.20 Å². The number of hydrogen-bond acceptors (Lipinski definition) is 3. The minimum absolute atomic E-state index is 0.570. The third-order valence-corrected chi connectivity index (χ3v) is 4.24. The lowest BCUT2D eigenvalue weighted by atomic mass is 9.79. The molecule has 3 rings (SSSR count). The lowest BCUT2D eigenvalue weighted by Gasteiger charge is -2.39. The van der Waals surface area contributed by atoms with Crippen molar-refractivity contribution in [1.29, 1.82) is 0 Å². The van der Waals surface area contributed by atoms with Crippen LogP contribution >= 0.6 is 0 Å². The van der Waals surface area contributed by atoms with Crippen molar-refractivity contribution in [2.75, 3.05) is 26.2 Å². The van der Waals surface area contributed by atoms with Gasteiger partial charge >= 0.3 is 0 Å². The van der Waals surface area contributed by atoms with Gasteiger partial charge in [-0.25, -0.2) is 0 Å². The summed E-state index contributed by atoms with van der Waals surface area (Å²) in [5, 5.41) is 7.78. The highest BCUT2D eigenvalue weighted by molar-refractivity contribution is 5.04. The lowest BCUT2D eigenvalue weighted by Crippen LogP contribution is -2.43. The average Bonchev–Trinajstić information content (AvgIpc) is 2.89. The van der Waals surface area contributed by atoms with Crippen LogP contribution < -0.4 is 5.32 Å². The zero-order chi connectivity index (χ0) is 11.7. The van der Waals surface area contributed by atoms with Gasteiger partial charge in [0.15, 0.2) is 0 Å². The van der Waals surface area contributed by atoms with E-state index >= 15 is 0 Å². The molecular formula is C13H22N4. The van der Waals surface area contributed by atoms with Crippen molar-refractivity contribution >= 4 is 0 Å². The number of piperidine rings is 1. The van der Waals surface area contributed by atoms with Crippen molar-refractivity contribution in [2.24, 2.45) is 12.5 Å². The van der Waals surface area contributed by atoms with E-state index in [-0.39, 0.29) is 0 Å². The molecule has 1 atom stereocenters. The van der Waals surface area contributed by atoms with Crippen LogP contribution in [0.1, 0.15) is 24.8 Å². The predicted molar refractivity (Wildman–Crippen MR) is 67.6 cm³/mol. The van der Waals surface area contributed by atoms with Gasteiger partial charge in [-0.15, -0.1) is 0 Å². The Morgan fingerprint density at radius 3 is 3.12 bits per heavy atom. The molecule has 4 heteroatoms. The second kappa shape index (κ2) is 4.42. The minimum Gasteiger partial charge on any atom is -0.316 e. The van der Waals surface area contributed by atoms with Crippen LogP contribution in [0.3, 0.4) is 0 Å². The third kappa shape index (κ3) is 2.38. The number of nitrogens with one attached hydrogen (secondary N) is 1. The highest BCUT2D eigenvalue weighted by Crippen LogP contribution is 2.35. The quantitative estimate of drug-likeness (QED) is 0.828. The first-order valence-electron chi connectivity index (χ1n) is 6.66. The Balaban J connectivity index is 1.64. The number of nitrogens with zero attached hydrogens (tertiary/aromatic N) is 3. The molecule has 2 aliphatic heterocycles. The standard InChI is InChI=1S/C13H22N4/c1-16-8-12(7-15-16)9-17-6-2-3-13(11-17)4-5-14-10-13/h7-8,14H,2-6,9-11H2,1H3. The number of aryl methyl sites for hydroxylation is 1. The van der Waals surface area contributed by atoms with Gasteiger partial charge in [0.1, 0.15) is 0 Å². The van der Waals surface area contributed by atoms with Gasteiger partial charge in [-0.2, -0.15) is 5.10 Å². The summed E-state index contributed by atoms with van der Waals surface area (Å²) < 4.78 is 1.90. The van der Waals surface area contributed by atoms with Gasteiger partial charge in [0.2, 0.25) is 0 Å². The fraction of sp³-hybridized carbons (Fsp3) is 0.769. The van der Waals surface area contributed by atoms with Crippen LogP contribution in [0.2, 0.25) is 0 Å². The van der Waals surface area contributed by atoms with Crippen molar-refractivity contribution < 1.29 is 0 Å². The summed E-state index contributed by atoms with van der Waals surface area (Å²) >= 11 is 0. The molecule has 1 N–H and O–H groups in total. The Kier molecular flexibility index (Phi) is 2.92. The van der Waals surface area contributed by atoms with E-state index in [1.54, 1.807) is 0 Å². The zero-order valence-electron chi connectivity index (χ0n) is 10.7. The molecule has 0 aromatic carbocycles. The van der Waals surface area contributed by atoms with Gasteiger partial charge in [-0.05, 0) is 37.8 Å². The van der Waals surface area contributed by atoms with Crippen LogP contribution in [0, 0.1) is 5.41 Å². The molecule has 0 saturated carbocycles. The van der Waals surface area contributed by atoms with Gasteiger partial charge < -0.3 is 5.32 Å². The van der Waals surface area contributed by atoms with Crippen LogP contribution in [-0.2, 0) is 13.6 Å². The van der Waals surface area contributed by atoms with Gasteiger partial charge in [0, 0.05) is 38.4 Å². The molecule has 3 heterocycles. The number of aromatic nitrogens is 2. The molecule has 17 heavy (non-hydrogen) atoms. The Bertz CT molecular complexity index is 379. The van der Waals surface area contributed by atoms with E-state index < -0.39 is 0 Å². The molecular weight excluding hydrogens is 212 g/mol. The van der Waals surface area contributed by atoms with Crippen LogP contribution in [0.4, 0.5) is 0 Å². The Labute approximate surface area is 103 Å². The van der Waals surface area contributed by atoms with Crippen molar-refractivity contribution in [3.63, 3.8) is 0 Å². The predicted octanol–water partition coefficient (Wildman–Crippen LogP) is 0.996. The highest BCUT2D eigenvalue weighted by Gasteiger charge is 2.37.